The Morgan fingerprint density at radius 1 is 1.22 bits per heavy atom. The number of aliphatic hydroxyl groups is 1. The molecule has 0 aliphatic carbocycles. The molecule has 2 aliphatic rings. The third kappa shape index (κ3) is 4.11. The van der Waals surface area contributed by atoms with Crippen molar-refractivity contribution < 1.29 is 24.2 Å². The van der Waals surface area contributed by atoms with Crippen LogP contribution in [0.2, 0.25) is 0 Å². The average molecular weight is 373 g/mol. The fraction of sp³-hybridized carbons (Fsp3) is 0.421. The number of imide groups is 1. The van der Waals surface area contributed by atoms with E-state index in [2.05, 4.69) is 5.32 Å². The van der Waals surface area contributed by atoms with E-state index >= 15 is 0 Å². The summed E-state index contributed by atoms with van der Waals surface area (Å²) >= 11 is 0. The van der Waals surface area contributed by atoms with Crippen LogP contribution in [0.15, 0.2) is 30.0 Å². The molecule has 0 bridgehead atoms. The van der Waals surface area contributed by atoms with Gasteiger partial charge in [-0.1, -0.05) is 6.07 Å². The molecule has 144 valence electrons. The number of amides is 3. The number of carbonyl (C=O) groups is 3. The van der Waals surface area contributed by atoms with Crippen LogP contribution in [0.4, 0.5) is 10.5 Å². The second-order valence-corrected chi connectivity index (χ2v) is 7.52. The molecule has 3 rings (SSSR count). The number of nitrogens with zero attached hydrogens (tertiary/aromatic N) is 2. The van der Waals surface area contributed by atoms with Gasteiger partial charge in [0.2, 0.25) is 0 Å². The molecule has 0 fully saturated rings. The molecule has 0 saturated carbocycles. The summed E-state index contributed by atoms with van der Waals surface area (Å²) < 4.78 is 5.41. The highest BCUT2D eigenvalue weighted by molar-refractivity contribution is 6.17. The molecule has 2 aliphatic heterocycles. The zero-order valence-corrected chi connectivity index (χ0v) is 15.6. The van der Waals surface area contributed by atoms with Gasteiger partial charge in [0, 0.05) is 24.9 Å². The molecule has 3 amide bonds. The Hall–Kier alpha value is -2.87. The Balaban J connectivity index is 1.68. The van der Waals surface area contributed by atoms with Crippen molar-refractivity contribution in [3.05, 3.63) is 41.1 Å². The van der Waals surface area contributed by atoms with Crippen molar-refractivity contribution in [3.63, 3.8) is 0 Å². The zero-order valence-electron chi connectivity index (χ0n) is 15.6. The lowest BCUT2D eigenvalue weighted by Gasteiger charge is -2.24. The number of aliphatic hydroxyl groups excluding tert-OH is 1. The molecule has 0 unspecified atom stereocenters. The van der Waals surface area contributed by atoms with Gasteiger partial charge in [0.25, 0.3) is 11.8 Å². The van der Waals surface area contributed by atoms with E-state index < -0.39 is 17.4 Å². The standard InChI is InChI=1S/C19H23N3O5/c1-19(2,3)27-18(26)21-10-12-4-5-14(8-13(12)11-21)20-15-9-16(24)22(6-7-23)17(15)25/h4-5,8-9,20,23H,6-7,10-11H2,1-3H3. The minimum atomic E-state index is -0.555. The van der Waals surface area contributed by atoms with Gasteiger partial charge < -0.3 is 15.2 Å². The van der Waals surface area contributed by atoms with E-state index in [1.165, 1.54) is 6.08 Å². The molecule has 0 atom stereocenters. The van der Waals surface area contributed by atoms with Crippen LogP contribution in [-0.4, -0.2) is 51.6 Å². The predicted octanol–water partition coefficient (Wildman–Crippen LogP) is 1.59. The van der Waals surface area contributed by atoms with E-state index in [1.807, 2.05) is 32.9 Å². The van der Waals surface area contributed by atoms with Gasteiger partial charge in [-0.3, -0.25) is 19.4 Å². The Morgan fingerprint density at radius 3 is 2.59 bits per heavy atom. The first kappa shape index (κ1) is 18.9. The number of fused-ring (bicyclic) bond motifs is 1. The zero-order chi connectivity index (χ0) is 19.8. The summed E-state index contributed by atoms with van der Waals surface area (Å²) in [7, 11) is 0. The first-order valence-corrected chi connectivity index (χ1v) is 8.73. The molecule has 0 saturated heterocycles. The number of carbonyl (C=O) groups excluding carboxylic acids is 3. The molecule has 1 aromatic rings. The lowest BCUT2D eigenvalue weighted by atomic mass is 10.1. The number of β-amino-alcohol motifs (C(OH)–C–C–N with tert-alkyl or cyclic N) is 1. The van der Waals surface area contributed by atoms with Crippen molar-refractivity contribution in [3.8, 4) is 0 Å². The summed E-state index contributed by atoms with van der Waals surface area (Å²) in [5.41, 5.74) is 2.22. The highest BCUT2D eigenvalue weighted by Crippen LogP contribution is 2.28. The SMILES string of the molecule is CC(C)(C)OC(=O)N1Cc2ccc(NC3=CC(=O)N(CCO)C3=O)cc2C1. The Kier molecular flexibility index (Phi) is 4.93. The van der Waals surface area contributed by atoms with Gasteiger partial charge in [0.15, 0.2) is 0 Å². The van der Waals surface area contributed by atoms with Crippen LogP contribution < -0.4 is 5.32 Å². The van der Waals surface area contributed by atoms with E-state index in [4.69, 9.17) is 9.84 Å². The number of nitrogens with one attached hydrogen (secondary N) is 1. The molecule has 0 radical (unpaired) electrons. The molecule has 27 heavy (non-hydrogen) atoms. The third-order valence-corrected chi connectivity index (χ3v) is 4.19. The highest BCUT2D eigenvalue weighted by Gasteiger charge is 2.31. The summed E-state index contributed by atoms with van der Waals surface area (Å²) in [4.78, 5) is 38.9. The van der Waals surface area contributed by atoms with E-state index in [1.54, 1.807) is 11.0 Å². The lowest BCUT2D eigenvalue weighted by molar-refractivity contribution is -0.137. The van der Waals surface area contributed by atoms with Gasteiger partial charge in [-0.05, 0) is 44.0 Å². The smallest absolute Gasteiger partial charge is 0.410 e. The lowest BCUT2D eigenvalue weighted by Crippen LogP contribution is -2.34. The molecule has 2 N–H and O–H groups in total. The fourth-order valence-electron chi connectivity index (χ4n) is 2.99. The second-order valence-electron chi connectivity index (χ2n) is 7.52. The van der Waals surface area contributed by atoms with Crippen LogP contribution >= 0.6 is 0 Å². The molecular weight excluding hydrogens is 350 g/mol. The van der Waals surface area contributed by atoms with Crippen LogP contribution in [0.1, 0.15) is 31.9 Å². The van der Waals surface area contributed by atoms with Crippen LogP contribution in [0, 0.1) is 0 Å². The summed E-state index contributed by atoms with van der Waals surface area (Å²) in [6.45, 7) is 6.04. The topological polar surface area (TPSA) is 99.2 Å². The van der Waals surface area contributed by atoms with Crippen molar-refractivity contribution in [1.82, 2.24) is 9.80 Å². The Labute approximate surface area is 157 Å². The highest BCUT2D eigenvalue weighted by atomic mass is 16.6. The largest absolute Gasteiger partial charge is 0.444 e. The Bertz CT molecular complexity index is 825. The van der Waals surface area contributed by atoms with Crippen molar-refractivity contribution in [2.24, 2.45) is 0 Å². The molecule has 8 nitrogen and oxygen atoms in total. The number of hydrogen-bond acceptors (Lipinski definition) is 6. The average Bonchev–Trinajstić information content (AvgIpc) is 3.10. The van der Waals surface area contributed by atoms with Gasteiger partial charge in [0.1, 0.15) is 11.3 Å². The maximum absolute atomic E-state index is 12.2. The molecule has 0 aromatic heterocycles. The number of hydrogen-bond donors (Lipinski definition) is 2. The van der Waals surface area contributed by atoms with Gasteiger partial charge in [-0.15, -0.1) is 0 Å². The Morgan fingerprint density at radius 2 is 1.93 bits per heavy atom. The quantitative estimate of drug-likeness (QED) is 0.778. The number of benzene rings is 1. The van der Waals surface area contributed by atoms with Crippen LogP contribution in [0.5, 0.6) is 0 Å². The van der Waals surface area contributed by atoms with Gasteiger partial charge in [-0.2, -0.15) is 0 Å². The second kappa shape index (κ2) is 7.03. The summed E-state index contributed by atoms with van der Waals surface area (Å²) in [6.07, 6.45) is 0.852. The third-order valence-electron chi connectivity index (χ3n) is 4.19. The van der Waals surface area contributed by atoms with E-state index in [9.17, 15) is 14.4 Å². The first-order chi connectivity index (χ1) is 12.7. The van der Waals surface area contributed by atoms with Gasteiger partial charge in [-0.25, -0.2) is 4.79 Å². The van der Waals surface area contributed by atoms with Gasteiger partial charge in [0.05, 0.1) is 13.2 Å². The molecule has 2 heterocycles. The van der Waals surface area contributed by atoms with E-state index in [0.29, 0.717) is 18.8 Å². The number of anilines is 1. The molecule has 8 heteroatoms. The molecular formula is C19H23N3O5. The summed E-state index contributed by atoms with van der Waals surface area (Å²) in [5.74, 6) is -0.918. The van der Waals surface area contributed by atoms with Crippen molar-refractivity contribution in [2.45, 2.75) is 39.5 Å². The maximum atomic E-state index is 12.2. The fourth-order valence-corrected chi connectivity index (χ4v) is 2.99. The minimum absolute atomic E-state index is 0.0334. The first-order valence-electron chi connectivity index (χ1n) is 8.73. The van der Waals surface area contributed by atoms with Crippen LogP contribution in [0.25, 0.3) is 0 Å². The normalized spacial score (nSPS) is 16.5. The van der Waals surface area contributed by atoms with Gasteiger partial charge >= 0.3 is 6.09 Å². The van der Waals surface area contributed by atoms with Crippen molar-refractivity contribution in [2.75, 3.05) is 18.5 Å². The van der Waals surface area contributed by atoms with Crippen LogP contribution in [-0.2, 0) is 27.4 Å². The summed E-state index contributed by atoms with van der Waals surface area (Å²) in [5, 5.41) is 11.9. The van der Waals surface area contributed by atoms with Crippen molar-refractivity contribution >= 4 is 23.6 Å². The van der Waals surface area contributed by atoms with E-state index in [0.717, 1.165) is 16.0 Å². The van der Waals surface area contributed by atoms with E-state index in [-0.39, 0.29) is 24.9 Å². The number of ether oxygens (including phenoxy) is 1. The monoisotopic (exact) mass is 373 g/mol. The molecule has 1 aromatic carbocycles. The predicted molar refractivity (Wildman–Crippen MR) is 97.4 cm³/mol. The van der Waals surface area contributed by atoms with Crippen molar-refractivity contribution in [1.29, 1.82) is 0 Å². The maximum Gasteiger partial charge on any atom is 0.410 e. The number of rotatable bonds is 4. The summed E-state index contributed by atoms with van der Waals surface area (Å²) in [6, 6.07) is 5.53. The minimum Gasteiger partial charge on any atom is -0.444 e. The van der Waals surface area contributed by atoms with Crippen LogP contribution in [0.3, 0.4) is 0 Å². The molecule has 0 spiro atoms.